The molecule has 0 amide bonds. The number of anilines is 1. The minimum Gasteiger partial charge on any atom is -0.493 e. The van der Waals surface area contributed by atoms with Gasteiger partial charge in [0.1, 0.15) is 5.69 Å². The summed E-state index contributed by atoms with van der Waals surface area (Å²) in [7, 11) is 2.99. The standard InChI is InChI=1S/C15H22N2O4/c1-4-5-15(6-7-15)10-16-11-8-13(20-2)14(21-3)9-12(11)17(18)19/h8-9,16H,4-7,10H2,1-3H3. The fraction of sp³-hybridized carbons (Fsp3) is 0.600. The Morgan fingerprint density at radius 3 is 2.38 bits per heavy atom. The van der Waals surface area contributed by atoms with Crippen molar-refractivity contribution in [3.05, 3.63) is 22.2 Å². The van der Waals surface area contributed by atoms with E-state index in [1.165, 1.54) is 33.1 Å². The van der Waals surface area contributed by atoms with Crippen molar-refractivity contribution < 1.29 is 14.4 Å². The van der Waals surface area contributed by atoms with Gasteiger partial charge in [-0.15, -0.1) is 0 Å². The van der Waals surface area contributed by atoms with Crippen molar-refractivity contribution in [3.8, 4) is 11.5 Å². The van der Waals surface area contributed by atoms with Crippen LogP contribution in [0.3, 0.4) is 0 Å². The van der Waals surface area contributed by atoms with E-state index in [0.717, 1.165) is 19.4 Å². The van der Waals surface area contributed by atoms with E-state index >= 15 is 0 Å². The number of hydrogen-bond donors (Lipinski definition) is 1. The van der Waals surface area contributed by atoms with E-state index in [4.69, 9.17) is 9.47 Å². The maximum absolute atomic E-state index is 11.2. The predicted molar refractivity (Wildman–Crippen MR) is 81.3 cm³/mol. The normalized spacial score (nSPS) is 15.4. The molecule has 0 aromatic heterocycles. The number of nitro benzene ring substituents is 1. The second-order valence-corrected chi connectivity index (χ2v) is 5.59. The van der Waals surface area contributed by atoms with Crippen LogP contribution < -0.4 is 14.8 Å². The lowest BCUT2D eigenvalue weighted by Crippen LogP contribution is -2.16. The van der Waals surface area contributed by atoms with Gasteiger partial charge in [-0.25, -0.2) is 0 Å². The van der Waals surface area contributed by atoms with Crippen molar-refractivity contribution in [2.45, 2.75) is 32.6 Å². The Bertz CT molecular complexity index is 527. The number of nitro groups is 1. The molecule has 0 aliphatic heterocycles. The number of benzene rings is 1. The molecule has 1 N–H and O–H groups in total. The highest BCUT2D eigenvalue weighted by molar-refractivity contribution is 5.68. The highest BCUT2D eigenvalue weighted by atomic mass is 16.6. The summed E-state index contributed by atoms with van der Waals surface area (Å²) in [6.07, 6.45) is 4.67. The molecule has 0 bridgehead atoms. The molecule has 0 saturated heterocycles. The van der Waals surface area contributed by atoms with Gasteiger partial charge in [0.15, 0.2) is 11.5 Å². The summed E-state index contributed by atoms with van der Waals surface area (Å²) in [5, 5.41) is 14.5. The fourth-order valence-corrected chi connectivity index (χ4v) is 2.67. The number of nitrogens with zero attached hydrogens (tertiary/aromatic N) is 1. The Labute approximate surface area is 124 Å². The zero-order valence-corrected chi connectivity index (χ0v) is 12.8. The molecule has 0 atom stereocenters. The zero-order chi connectivity index (χ0) is 15.5. The highest BCUT2D eigenvalue weighted by Crippen LogP contribution is 2.50. The largest absolute Gasteiger partial charge is 0.493 e. The van der Waals surface area contributed by atoms with Crippen molar-refractivity contribution >= 4 is 11.4 Å². The molecule has 0 spiro atoms. The first kappa shape index (κ1) is 15.4. The van der Waals surface area contributed by atoms with Gasteiger partial charge >= 0.3 is 0 Å². The van der Waals surface area contributed by atoms with Crippen molar-refractivity contribution in [2.24, 2.45) is 5.41 Å². The van der Waals surface area contributed by atoms with E-state index in [1.54, 1.807) is 6.07 Å². The Morgan fingerprint density at radius 2 is 1.90 bits per heavy atom. The molecule has 0 heterocycles. The summed E-state index contributed by atoms with van der Waals surface area (Å²) in [6, 6.07) is 3.04. The Morgan fingerprint density at radius 1 is 1.29 bits per heavy atom. The van der Waals surface area contributed by atoms with Crippen LogP contribution in [0.5, 0.6) is 11.5 Å². The van der Waals surface area contributed by atoms with Gasteiger partial charge < -0.3 is 14.8 Å². The van der Waals surface area contributed by atoms with Gasteiger partial charge in [-0.05, 0) is 24.7 Å². The van der Waals surface area contributed by atoms with Gasteiger partial charge in [0.25, 0.3) is 5.69 Å². The zero-order valence-electron chi connectivity index (χ0n) is 12.8. The minimum atomic E-state index is -0.399. The smallest absolute Gasteiger partial charge is 0.296 e. The molecule has 6 nitrogen and oxygen atoms in total. The maximum Gasteiger partial charge on any atom is 0.296 e. The molecule has 1 aromatic carbocycles. The highest BCUT2D eigenvalue weighted by Gasteiger charge is 2.41. The average Bonchev–Trinajstić information content (AvgIpc) is 3.24. The fourth-order valence-electron chi connectivity index (χ4n) is 2.67. The van der Waals surface area contributed by atoms with Crippen LogP contribution in [0, 0.1) is 15.5 Å². The van der Waals surface area contributed by atoms with E-state index in [2.05, 4.69) is 12.2 Å². The second kappa shape index (κ2) is 6.20. The topological polar surface area (TPSA) is 73.6 Å². The van der Waals surface area contributed by atoms with Crippen molar-refractivity contribution in [2.75, 3.05) is 26.1 Å². The Hall–Kier alpha value is -1.98. The van der Waals surface area contributed by atoms with Crippen molar-refractivity contribution in [1.29, 1.82) is 0 Å². The molecule has 2 rings (SSSR count). The van der Waals surface area contributed by atoms with E-state index in [-0.39, 0.29) is 5.69 Å². The lowest BCUT2D eigenvalue weighted by atomic mass is 10.0. The summed E-state index contributed by atoms with van der Waals surface area (Å²) < 4.78 is 10.3. The van der Waals surface area contributed by atoms with E-state index < -0.39 is 4.92 Å². The summed E-state index contributed by atoms with van der Waals surface area (Å²) >= 11 is 0. The number of hydrogen-bond acceptors (Lipinski definition) is 5. The Balaban J connectivity index is 2.22. The van der Waals surface area contributed by atoms with E-state index in [9.17, 15) is 10.1 Å². The van der Waals surface area contributed by atoms with Gasteiger partial charge in [0.2, 0.25) is 0 Å². The molecular formula is C15H22N2O4. The van der Waals surface area contributed by atoms with Gasteiger partial charge in [-0.1, -0.05) is 13.3 Å². The average molecular weight is 294 g/mol. The summed E-state index contributed by atoms with van der Waals surface area (Å²) in [6.45, 7) is 2.93. The van der Waals surface area contributed by atoms with Crippen LogP contribution in [0.15, 0.2) is 12.1 Å². The Kier molecular flexibility index (Phi) is 4.55. The molecule has 1 aliphatic rings. The lowest BCUT2D eigenvalue weighted by molar-refractivity contribution is -0.384. The third-order valence-electron chi connectivity index (χ3n) is 4.09. The van der Waals surface area contributed by atoms with E-state index in [0.29, 0.717) is 22.6 Å². The molecule has 1 aliphatic carbocycles. The third kappa shape index (κ3) is 3.37. The van der Waals surface area contributed by atoms with Crippen LogP contribution in [0.4, 0.5) is 11.4 Å². The molecule has 0 radical (unpaired) electrons. The maximum atomic E-state index is 11.2. The molecule has 116 valence electrons. The first-order valence-corrected chi connectivity index (χ1v) is 7.19. The predicted octanol–water partition coefficient (Wildman–Crippen LogP) is 3.60. The molecule has 1 aromatic rings. The molecule has 21 heavy (non-hydrogen) atoms. The van der Waals surface area contributed by atoms with Crippen LogP contribution >= 0.6 is 0 Å². The molecule has 1 saturated carbocycles. The minimum absolute atomic E-state index is 0.0138. The quantitative estimate of drug-likeness (QED) is 0.585. The summed E-state index contributed by atoms with van der Waals surface area (Å²) in [5.74, 6) is 0.857. The second-order valence-electron chi connectivity index (χ2n) is 5.59. The molecule has 1 fully saturated rings. The van der Waals surface area contributed by atoms with Crippen LogP contribution in [0.1, 0.15) is 32.6 Å². The number of nitrogens with one attached hydrogen (secondary N) is 1. The monoisotopic (exact) mass is 294 g/mol. The van der Waals surface area contributed by atoms with Gasteiger partial charge in [-0.3, -0.25) is 10.1 Å². The lowest BCUT2D eigenvalue weighted by Gasteiger charge is -2.17. The van der Waals surface area contributed by atoms with Crippen LogP contribution in [-0.4, -0.2) is 25.7 Å². The molecule has 6 heteroatoms. The first-order chi connectivity index (χ1) is 10.0. The van der Waals surface area contributed by atoms with Gasteiger partial charge in [0.05, 0.1) is 25.2 Å². The van der Waals surface area contributed by atoms with Crippen LogP contribution in [-0.2, 0) is 0 Å². The van der Waals surface area contributed by atoms with E-state index in [1.807, 2.05) is 0 Å². The summed E-state index contributed by atoms with van der Waals surface area (Å²) in [5.41, 5.74) is 0.815. The van der Waals surface area contributed by atoms with Gasteiger partial charge in [0, 0.05) is 12.6 Å². The molecule has 0 unspecified atom stereocenters. The van der Waals surface area contributed by atoms with Crippen LogP contribution in [0.2, 0.25) is 0 Å². The van der Waals surface area contributed by atoms with Crippen molar-refractivity contribution in [3.63, 3.8) is 0 Å². The first-order valence-electron chi connectivity index (χ1n) is 7.19. The number of methoxy groups -OCH3 is 2. The number of ether oxygens (including phenoxy) is 2. The van der Waals surface area contributed by atoms with Crippen LogP contribution in [0.25, 0.3) is 0 Å². The molecular weight excluding hydrogens is 272 g/mol. The SMILES string of the molecule is CCCC1(CNc2cc(OC)c(OC)cc2[N+](=O)[O-])CC1. The van der Waals surface area contributed by atoms with Crippen molar-refractivity contribution in [1.82, 2.24) is 0 Å². The van der Waals surface area contributed by atoms with Gasteiger partial charge in [-0.2, -0.15) is 0 Å². The number of rotatable bonds is 8. The summed E-state index contributed by atoms with van der Waals surface area (Å²) in [4.78, 5) is 10.8. The third-order valence-corrected chi connectivity index (χ3v) is 4.09.